The van der Waals surface area contributed by atoms with Gasteiger partial charge in [0.25, 0.3) is 0 Å². The molecule has 100 valence electrons. The summed E-state index contributed by atoms with van der Waals surface area (Å²) in [6.45, 7) is 5.25. The van der Waals surface area contributed by atoms with Gasteiger partial charge in [0.1, 0.15) is 0 Å². The molecule has 3 N–H and O–H groups in total. The number of amides is 1. The molecule has 1 rings (SSSR count). The topological polar surface area (TPSA) is 55.1 Å². The van der Waals surface area contributed by atoms with Crippen molar-refractivity contribution in [2.75, 3.05) is 6.54 Å². The van der Waals surface area contributed by atoms with E-state index in [9.17, 15) is 4.79 Å². The molecule has 3 heteroatoms. The highest BCUT2D eigenvalue weighted by Gasteiger charge is 2.20. The molecule has 3 atom stereocenters. The first-order valence-electron chi connectivity index (χ1n) is 7.16. The number of unbranched alkanes of at least 4 members (excludes halogenated alkanes) is 1. The Bertz CT molecular complexity index is 230. The fourth-order valence-electron chi connectivity index (χ4n) is 2.68. The molecule has 0 radical (unpaired) electrons. The second kappa shape index (κ2) is 7.70. The molecule has 0 heterocycles. The molecule has 1 saturated carbocycles. The van der Waals surface area contributed by atoms with Gasteiger partial charge in [0.2, 0.25) is 5.91 Å². The van der Waals surface area contributed by atoms with Crippen molar-refractivity contribution in [1.82, 2.24) is 5.32 Å². The van der Waals surface area contributed by atoms with E-state index >= 15 is 0 Å². The molecule has 1 aliphatic rings. The van der Waals surface area contributed by atoms with Crippen LogP contribution in [0, 0.1) is 11.8 Å². The fourth-order valence-corrected chi connectivity index (χ4v) is 2.68. The molecule has 0 saturated heterocycles. The highest BCUT2D eigenvalue weighted by molar-refractivity contribution is 5.81. The Morgan fingerprint density at radius 2 is 2.24 bits per heavy atom. The van der Waals surface area contributed by atoms with Crippen LogP contribution in [0.25, 0.3) is 0 Å². The van der Waals surface area contributed by atoms with Crippen LogP contribution < -0.4 is 11.1 Å². The highest BCUT2D eigenvalue weighted by atomic mass is 16.2. The largest absolute Gasteiger partial charge is 0.354 e. The maximum atomic E-state index is 11.7. The fraction of sp³-hybridized carbons (Fsp3) is 0.929. The minimum Gasteiger partial charge on any atom is -0.354 e. The normalized spacial score (nSPS) is 26.5. The summed E-state index contributed by atoms with van der Waals surface area (Å²) in [6, 6.07) is -0.309. The van der Waals surface area contributed by atoms with Crippen molar-refractivity contribution in [3.8, 4) is 0 Å². The molecule has 1 aliphatic carbocycles. The lowest BCUT2D eigenvalue weighted by Crippen LogP contribution is -2.42. The van der Waals surface area contributed by atoms with Gasteiger partial charge < -0.3 is 11.1 Å². The molecule has 1 fully saturated rings. The maximum Gasteiger partial charge on any atom is 0.236 e. The van der Waals surface area contributed by atoms with E-state index in [4.69, 9.17) is 5.73 Å². The van der Waals surface area contributed by atoms with Crippen molar-refractivity contribution < 1.29 is 4.79 Å². The van der Waals surface area contributed by atoms with Gasteiger partial charge in [0.05, 0.1) is 6.04 Å². The van der Waals surface area contributed by atoms with Gasteiger partial charge in [-0.3, -0.25) is 4.79 Å². The van der Waals surface area contributed by atoms with Crippen molar-refractivity contribution in [3.63, 3.8) is 0 Å². The van der Waals surface area contributed by atoms with E-state index in [1.165, 1.54) is 25.7 Å². The average Bonchev–Trinajstić information content (AvgIpc) is 2.33. The third-order valence-electron chi connectivity index (χ3n) is 3.82. The van der Waals surface area contributed by atoms with E-state index in [-0.39, 0.29) is 11.9 Å². The average molecular weight is 240 g/mol. The zero-order chi connectivity index (χ0) is 12.7. The standard InChI is InChI=1S/C14H28N2O/c1-3-4-8-13(15)14(17)16-10-12-7-5-6-11(2)9-12/h11-13H,3-10,15H2,1-2H3,(H,16,17). The molecule has 0 aromatic rings. The Morgan fingerprint density at radius 3 is 2.88 bits per heavy atom. The van der Waals surface area contributed by atoms with Crippen molar-refractivity contribution in [1.29, 1.82) is 0 Å². The SMILES string of the molecule is CCCCC(N)C(=O)NCC1CCCC(C)C1. The monoisotopic (exact) mass is 240 g/mol. The van der Waals surface area contributed by atoms with Crippen LogP contribution in [0.1, 0.15) is 58.8 Å². The van der Waals surface area contributed by atoms with Gasteiger partial charge in [-0.05, 0) is 31.1 Å². The third-order valence-corrected chi connectivity index (χ3v) is 3.82. The molecule has 0 spiro atoms. The number of nitrogens with two attached hydrogens (primary N) is 1. The Balaban J connectivity index is 2.18. The summed E-state index contributed by atoms with van der Waals surface area (Å²) in [5, 5.41) is 3.02. The van der Waals surface area contributed by atoms with Crippen LogP contribution in [0.2, 0.25) is 0 Å². The van der Waals surface area contributed by atoms with Crippen molar-refractivity contribution >= 4 is 5.91 Å². The molecule has 17 heavy (non-hydrogen) atoms. The van der Waals surface area contributed by atoms with E-state index in [0.717, 1.165) is 31.7 Å². The molecule has 3 nitrogen and oxygen atoms in total. The van der Waals surface area contributed by atoms with Crippen LogP contribution >= 0.6 is 0 Å². The zero-order valence-corrected chi connectivity index (χ0v) is 11.4. The van der Waals surface area contributed by atoms with Gasteiger partial charge in [-0.25, -0.2) is 0 Å². The first kappa shape index (κ1) is 14.5. The summed E-state index contributed by atoms with van der Waals surface area (Å²) in [4.78, 5) is 11.7. The van der Waals surface area contributed by atoms with E-state index in [1.807, 2.05) is 0 Å². The maximum absolute atomic E-state index is 11.7. The van der Waals surface area contributed by atoms with Gasteiger partial charge in [0, 0.05) is 6.54 Å². The number of hydrogen-bond acceptors (Lipinski definition) is 2. The van der Waals surface area contributed by atoms with Gasteiger partial charge >= 0.3 is 0 Å². The van der Waals surface area contributed by atoms with Crippen LogP contribution in [0.4, 0.5) is 0 Å². The van der Waals surface area contributed by atoms with Crippen LogP contribution in [-0.4, -0.2) is 18.5 Å². The Hall–Kier alpha value is -0.570. The van der Waals surface area contributed by atoms with Crippen molar-refractivity contribution in [2.45, 2.75) is 64.8 Å². The van der Waals surface area contributed by atoms with Gasteiger partial charge in [-0.1, -0.05) is 39.5 Å². The molecule has 0 aromatic heterocycles. The van der Waals surface area contributed by atoms with Crippen LogP contribution in [0.5, 0.6) is 0 Å². The summed E-state index contributed by atoms with van der Waals surface area (Å²) in [5.74, 6) is 1.53. The second-order valence-corrected chi connectivity index (χ2v) is 5.63. The summed E-state index contributed by atoms with van der Waals surface area (Å²) >= 11 is 0. The number of hydrogen-bond donors (Lipinski definition) is 2. The molecule has 1 amide bonds. The summed E-state index contributed by atoms with van der Waals surface area (Å²) < 4.78 is 0. The minimum atomic E-state index is -0.309. The second-order valence-electron chi connectivity index (χ2n) is 5.63. The summed E-state index contributed by atoms with van der Waals surface area (Å²) in [5.41, 5.74) is 5.83. The van der Waals surface area contributed by atoms with Crippen molar-refractivity contribution in [3.05, 3.63) is 0 Å². The molecular formula is C14H28N2O. The smallest absolute Gasteiger partial charge is 0.236 e. The highest BCUT2D eigenvalue weighted by Crippen LogP contribution is 2.27. The lowest BCUT2D eigenvalue weighted by atomic mass is 9.82. The predicted molar refractivity (Wildman–Crippen MR) is 71.6 cm³/mol. The van der Waals surface area contributed by atoms with E-state index < -0.39 is 0 Å². The predicted octanol–water partition coefficient (Wildman–Crippen LogP) is 2.45. The lowest BCUT2D eigenvalue weighted by molar-refractivity contribution is -0.122. The van der Waals surface area contributed by atoms with Gasteiger partial charge in [0.15, 0.2) is 0 Å². The van der Waals surface area contributed by atoms with Gasteiger partial charge in [-0.15, -0.1) is 0 Å². The van der Waals surface area contributed by atoms with Gasteiger partial charge in [-0.2, -0.15) is 0 Å². The lowest BCUT2D eigenvalue weighted by Gasteiger charge is -2.27. The summed E-state index contributed by atoms with van der Waals surface area (Å²) in [6.07, 6.45) is 8.11. The Morgan fingerprint density at radius 1 is 1.47 bits per heavy atom. The van der Waals surface area contributed by atoms with E-state index in [2.05, 4.69) is 19.2 Å². The van der Waals surface area contributed by atoms with Crippen molar-refractivity contribution in [2.24, 2.45) is 17.6 Å². The van der Waals surface area contributed by atoms with E-state index in [0.29, 0.717) is 5.92 Å². The van der Waals surface area contributed by atoms with Crippen LogP contribution in [0.15, 0.2) is 0 Å². The van der Waals surface area contributed by atoms with Crippen LogP contribution in [0.3, 0.4) is 0 Å². The Labute approximate surface area is 106 Å². The summed E-state index contributed by atoms with van der Waals surface area (Å²) in [7, 11) is 0. The van der Waals surface area contributed by atoms with Crippen LogP contribution in [-0.2, 0) is 4.79 Å². The number of nitrogens with one attached hydrogen (secondary N) is 1. The molecule has 0 aliphatic heterocycles. The number of rotatable bonds is 6. The molecular weight excluding hydrogens is 212 g/mol. The molecule has 3 unspecified atom stereocenters. The number of carbonyl (C=O) groups is 1. The first-order valence-corrected chi connectivity index (χ1v) is 7.16. The Kier molecular flexibility index (Phi) is 6.56. The minimum absolute atomic E-state index is 0.0386. The third kappa shape index (κ3) is 5.53. The number of carbonyl (C=O) groups excluding carboxylic acids is 1. The molecule has 0 bridgehead atoms. The quantitative estimate of drug-likeness (QED) is 0.749. The molecule has 0 aromatic carbocycles. The zero-order valence-electron chi connectivity index (χ0n) is 11.4. The van der Waals surface area contributed by atoms with E-state index in [1.54, 1.807) is 0 Å². The first-order chi connectivity index (χ1) is 8.13.